The van der Waals surface area contributed by atoms with Gasteiger partial charge in [0.2, 0.25) is 0 Å². The first-order valence-electron chi connectivity index (χ1n) is 9.96. The van der Waals surface area contributed by atoms with Gasteiger partial charge in [-0.1, -0.05) is 12.1 Å². The number of benzene rings is 2. The summed E-state index contributed by atoms with van der Waals surface area (Å²) in [5, 5.41) is 5.39. The maximum atomic E-state index is 12.3. The number of aromatic nitrogens is 1. The molecule has 32 heavy (non-hydrogen) atoms. The molecule has 0 spiro atoms. The molecule has 1 heterocycles. The van der Waals surface area contributed by atoms with E-state index in [1.165, 1.54) is 20.2 Å². The molecule has 3 aromatic rings. The summed E-state index contributed by atoms with van der Waals surface area (Å²) >= 11 is 0. The molecule has 0 atom stereocenters. The normalized spacial score (nSPS) is 10.2. The molecule has 8 nitrogen and oxygen atoms in total. The molecule has 3 rings (SSSR count). The highest BCUT2D eigenvalue weighted by atomic mass is 16.5. The van der Waals surface area contributed by atoms with Crippen LogP contribution < -0.4 is 20.1 Å². The summed E-state index contributed by atoms with van der Waals surface area (Å²) in [4.78, 5) is 39.0. The Hall–Kier alpha value is -4.20. The third-order valence-electron chi connectivity index (χ3n) is 4.40. The topological polar surface area (TPSA) is 107 Å². The fourth-order valence-corrected chi connectivity index (χ4v) is 2.89. The Labute approximate surface area is 185 Å². The molecule has 1 aromatic heterocycles. The molecule has 164 valence electrons. The van der Waals surface area contributed by atoms with Crippen molar-refractivity contribution >= 4 is 17.8 Å². The van der Waals surface area contributed by atoms with Gasteiger partial charge in [0.1, 0.15) is 22.9 Å². The number of nitrogens with one attached hydrogen (secondary N) is 2. The van der Waals surface area contributed by atoms with Crippen LogP contribution in [0, 0.1) is 0 Å². The van der Waals surface area contributed by atoms with E-state index in [4.69, 9.17) is 9.47 Å². The van der Waals surface area contributed by atoms with Crippen LogP contribution in [0.1, 0.15) is 33.3 Å². The molecule has 0 saturated carbocycles. The highest BCUT2D eigenvalue weighted by molar-refractivity contribution is 5.94. The Morgan fingerprint density at radius 1 is 0.906 bits per heavy atom. The van der Waals surface area contributed by atoms with E-state index in [0.29, 0.717) is 35.8 Å². The minimum atomic E-state index is -0.413. The summed E-state index contributed by atoms with van der Waals surface area (Å²) in [5.74, 6) is 0.586. The zero-order valence-corrected chi connectivity index (χ0v) is 17.8. The molecule has 0 aliphatic heterocycles. The van der Waals surface area contributed by atoms with Gasteiger partial charge in [-0.15, -0.1) is 0 Å². The summed E-state index contributed by atoms with van der Waals surface area (Å²) in [6.45, 7) is 1.75. The van der Waals surface area contributed by atoms with Gasteiger partial charge in [-0.2, -0.15) is 0 Å². The standard InChI is InChI=1S/C24H23N3O5/c1-16(28)31-19-8-6-18(7-9-19)23(29)27-12-10-17-4-3-5-20(14-17)32-21-11-13-26-22(15-21)24(30)25-2/h3-9,11,13-15H,10,12H2,1-2H3,(H,25,30)(H,27,29). The third kappa shape index (κ3) is 6.40. The van der Waals surface area contributed by atoms with E-state index in [1.807, 2.05) is 24.3 Å². The van der Waals surface area contributed by atoms with Gasteiger partial charge in [0.15, 0.2) is 0 Å². The first-order valence-corrected chi connectivity index (χ1v) is 9.96. The van der Waals surface area contributed by atoms with Crippen LogP contribution in [0.25, 0.3) is 0 Å². The SMILES string of the molecule is CNC(=O)c1cc(Oc2cccc(CCNC(=O)c3ccc(OC(C)=O)cc3)c2)ccn1. The zero-order chi connectivity index (χ0) is 22.9. The first kappa shape index (κ1) is 22.5. The average molecular weight is 433 g/mol. The highest BCUT2D eigenvalue weighted by Crippen LogP contribution is 2.22. The monoisotopic (exact) mass is 433 g/mol. The van der Waals surface area contributed by atoms with Gasteiger partial charge in [-0.05, 0) is 54.4 Å². The predicted molar refractivity (Wildman–Crippen MR) is 118 cm³/mol. The smallest absolute Gasteiger partial charge is 0.308 e. The fraction of sp³-hybridized carbons (Fsp3) is 0.167. The maximum absolute atomic E-state index is 12.3. The number of nitrogens with zero attached hydrogens (tertiary/aromatic N) is 1. The molecule has 0 radical (unpaired) electrons. The van der Waals surface area contributed by atoms with Crippen LogP contribution in [0.5, 0.6) is 17.2 Å². The van der Waals surface area contributed by atoms with Crippen LogP contribution in [0.4, 0.5) is 0 Å². The Morgan fingerprint density at radius 3 is 2.38 bits per heavy atom. The molecular weight excluding hydrogens is 410 g/mol. The summed E-state index contributed by atoms with van der Waals surface area (Å²) in [6, 6.07) is 17.1. The Balaban J connectivity index is 1.54. The molecule has 0 fully saturated rings. The van der Waals surface area contributed by atoms with Crippen molar-refractivity contribution in [2.24, 2.45) is 0 Å². The van der Waals surface area contributed by atoms with E-state index < -0.39 is 5.97 Å². The number of carbonyl (C=O) groups is 3. The Morgan fingerprint density at radius 2 is 1.66 bits per heavy atom. The summed E-state index contributed by atoms with van der Waals surface area (Å²) in [7, 11) is 1.54. The second kappa shape index (κ2) is 10.7. The quantitative estimate of drug-likeness (QED) is 0.418. The van der Waals surface area contributed by atoms with E-state index in [2.05, 4.69) is 15.6 Å². The second-order valence-electron chi connectivity index (χ2n) is 6.83. The molecule has 0 aliphatic rings. The number of carbonyl (C=O) groups excluding carboxylic acids is 3. The summed E-state index contributed by atoms with van der Waals surface area (Å²) in [5.41, 5.74) is 1.72. The number of hydrogen-bond donors (Lipinski definition) is 2. The molecule has 0 aliphatic carbocycles. The number of rotatable bonds is 8. The van der Waals surface area contributed by atoms with Gasteiger partial charge in [0.25, 0.3) is 11.8 Å². The van der Waals surface area contributed by atoms with Gasteiger partial charge in [0.05, 0.1) is 0 Å². The van der Waals surface area contributed by atoms with Crippen molar-refractivity contribution in [2.45, 2.75) is 13.3 Å². The lowest BCUT2D eigenvalue weighted by atomic mass is 10.1. The molecule has 8 heteroatoms. The fourth-order valence-electron chi connectivity index (χ4n) is 2.89. The number of esters is 1. The van der Waals surface area contributed by atoms with Crippen molar-refractivity contribution in [3.63, 3.8) is 0 Å². The number of ether oxygens (including phenoxy) is 2. The second-order valence-corrected chi connectivity index (χ2v) is 6.83. The highest BCUT2D eigenvalue weighted by Gasteiger charge is 2.08. The lowest BCUT2D eigenvalue weighted by Gasteiger charge is -2.09. The van der Waals surface area contributed by atoms with Crippen LogP contribution in [-0.2, 0) is 11.2 Å². The van der Waals surface area contributed by atoms with Gasteiger partial charge in [-0.3, -0.25) is 19.4 Å². The number of hydrogen-bond acceptors (Lipinski definition) is 6. The summed E-state index contributed by atoms with van der Waals surface area (Å²) in [6.07, 6.45) is 2.12. The molecule has 2 aromatic carbocycles. The minimum Gasteiger partial charge on any atom is -0.457 e. The van der Waals surface area contributed by atoms with Gasteiger partial charge in [-0.25, -0.2) is 0 Å². The van der Waals surface area contributed by atoms with E-state index >= 15 is 0 Å². The largest absolute Gasteiger partial charge is 0.457 e. The summed E-state index contributed by atoms with van der Waals surface area (Å²) < 4.78 is 10.8. The first-order chi connectivity index (χ1) is 15.4. The number of pyridine rings is 1. The molecular formula is C24H23N3O5. The molecule has 0 saturated heterocycles. The van der Waals surface area contributed by atoms with Crippen LogP contribution in [0.3, 0.4) is 0 Å². The lowest BCUT2D eigenvalue weighted by molar-refractivity contribution is -0.131. The maximum Gasteiger partial charge on any atom is 0.308 e. The predicted octanol–water partition coefficient (Wildman–Crippen LogP) is 3.13. The van der Waals surface area contributed by atoms with E-state index in [9.17, 15) is 14.4 Å². The molecule has 2 N–H and O–H groups in total. The van der Waals surface area contributed by atoms with Crippen LogP contribution in [0.15, 0.2) is 66.9 Å². The molecule has 0 bridgehead atoms. The average Bonchev–Trinajstić information content (AvgIpc) is 2.79. The van der Waals surface area contributed by atoms with Crippen molar-refractivity contribution < 1.29 is 23.9 Å². The van der Waals surface area contributed by atoms with Crippen LogP contribution in [-0.4, -0.2) is 36.4 Å². The van der Waals surface area contributed by atoms with Gasteiger partial charge < -0.3 is 20.1 Å². The van der Waals surface area contributed by atoms with Crippen molar-refractivity contribution in [1.82, 2.24) is 15.6 Å². The zero-order valence-electron chi connectivity index (χ0n) is 17.8. The van der Waals surface area contributed by atoms with Gasteiger partial charge in [0, 0.05) is 38.3 Å². The minimum absolute atomic E-state index is 0.217. The van der Waals surface area contributed by atoms with Crippen molar-refractivity contribution in [3.05, 3.63) is 83.7 Å². The third-order valence-corrected chi connectivity index (χ3v) is 4.40. The Kier molecular flexibility index (Phi) is 7.53. The van der Waals surface area contributed by atoms with Crippen LogP contribution >= 0.6 is 0 Å². The van der Waals surface area contributed by atoms with E-state index in [-0.39, 0.29) is 17.5 Å². The van der Waals surface area contributed by atoms with Crippen molar-refractivity contribution in [1.29, 1.82) is 0 Å². The van der Waals surface area contributed by atoms with Gasteiger partial charge >= 0.3 is 5.97 Å². The van der Waals surface area contributed by atoms with E-state index in [1.54, 1.807) is 36.4 Å². The molecule has 0 unspecified atom stereocenters. The molecule has 2 amide bonds. The van der Waals surface area contributed by atoms with Crippen molar-refractivity contribution in [2.75, 3.05) is 13.6 Å². The van der Waals surface area contributed by atoms with E-state index in [0.717, 1.165) is 5.56 Å². The Bertz CT molecular complexity index is 1110. The number of amides is 2. The van der Waals surface area contributed by atoms with Crippen LogP contribution in [0.2, 0.25) is 0 Å². The van der Waals surface area contributed by atoms with Crippen molar-refractivity contribution in [3.8, 4) is 17.2 Å². The lowest BCUT2D eigenvalue weighted by Crippen LogP contribution is -2.25.